The van der Waals surface area contributed by atoms with Gasteiger partial charge in [0.2, 0.25) is 0 Å². The van der Waals surface area contributed by atoms with Crippen molar-refractivity contribution < 1.29 is 0 Å². The maximum atomic E-state index is 12.7. The Labute approximate surface area is 180 Å². The zero-order valence-electron chi connectivity index (χ0n) is 17.7. The standard InChI is InChI=1S/C24H26N6O/c1-15(29-13-17(14-29)21-11-10-16-6-2-5-9-20(16)26-21)22-27-23-19(24(31)28-22)12-25-30(23)18-7-3-4-8-18/h2,5-6,9-12,15,17-18H,3-4,7-8,13-14H2,1H3,(H,27,28,31)/t15-/m1/s1. The van der Waals surface area contributed by atoms with Crippen LogP contribution >= 0.6 is 0 Å². The van der Waals surface area contributed by atoms with E-state index < -0.39 is 0 Å². The monoisotopic (exact) mass is 414 g/mol. The highest BCUT2D eigenvalue weighted by Gasteiger charge is 2.34. The third-order valence-corrected chi connectivity index (χ3v) is 7.04. The Morgan fingerprint density at radius 1 is 1.06 bits per heavy atom. The molecular weight excluding hydrogens is 388 g/mol. The Balaban J connectivity index is 1.23. The fourth-order valence-corrected chi connectivity index (χ4v) is 5.07. The summed E-state index contributed by atoms with van der Waals surface area (Å²) in [7, 11) is 0. The van der Waals surface area contributed by atoms with Crippen LogP contribution in [0.25, 0.3) is 21.9 Å². The van der Waals surface area contributed by atoms with E-state index in [4.69, 9.17) is 9.97 Å². The maximum Gasteiger partial charge on any atom is 0.262 e. The highest BCUT2D eigenvalue weighted by Crippen LogP contribution is 2.34. The number of pyridine rings is 1. The van der Waals surface area contributed by atoms with E-state index in [1.54, 1.807) is 6.20 Å². The number of hydrogen-bond donors (Lipinski definition) is 1. The number of rotatable bonds is 4. The molecule has 0 unspecified atom stereocenters. The van der Waals surface area contributed by atoms with Crippen LogP contribution in [0.3, 0.4) is 0 Å². The summed E-state index contributed by atoms with van der Waals surface area (Å²) >= 11 is 0. The molecule has 1 N–H and O–H groups in total. The fourth-order valence-electron chi connectivity index (χ4n) is 5.07. The molecule has 0 spiro atoms. The van der Waals surface area contributed by atoms with E-state index >= 15 is 0 Å². The van der Waals surface area contributed by atoms with Gasteiger partial charge in [0.05, 0.1) is 23.8 Å². The Kier molecular flexibility index (Phi) is 4.38. The molecule has 1 atom stereocenters. The second-order valence-electron chi connectivity index (χ2n) is 8.97. The zero-order valence-corrected chi connectivity index (χ0v) is 17.7. The number of fused-ring (bicyclic) bond motifs is 2. The molecule has 0 radical (unpaired) electrons. The first kappa shape index (κ1) is 18.7. The van der Waals surface area contributed by atoms with Crippen molar-refractivity contribution in [1.82, 2.24) is 29.6 Å². The van der Waals surface area contributed by atoms with Gasteiger partial charge < -0.3 is 4.98 Å². The lowest BCUT2D eigenvalue weighted by Gasteiger charge is -2.42. The highest BCUT2D eigenvalue weighted by atomic mass is 16.1. The van der Waals surface area contributed by atoms with Gasteiger partial charge in [-0.3, -0.25) is 14.7 Å². The van der Waals surface area contributed by atoms with Crippen LogP contribution in [0, 0.1) is 0 Å². The van der Waals surface area contributed by atoms with Gasteiger partial charge in [0.25, 0.3) is 5.56 Å². The van der Waals surface area contributed by atoms with E-state index in [2.05, 4.69) is 46.2 Å². The van der Waals surface area contributed by atoms with Gasteiger partial charge >= 0.3 is 0 Å². The first-order valence-corrected chi connectivity index (χ1v) is 11.2. The second-order valence-corrected chi connectivity index (χ2v) is 8.97. The first-order chi connectivity index (χ1) is 15.2. The topological polar surface area (TPSA) is 79.7 Å². The predicted octanol–water partition coefficient (Wildman–Crippen LogP) is 3.94. The molecule has 1 saturated carbocycles. The van der Waals surface area contributed by atoms with Gasteiger partial charge in [-0.15, -0.1) is 0 Å². The van der Waals surface area contributed by atoms with Gasteiger partial charge in [-0.2, -0.15) is 5.10 Å². The summed E-state index contributed by atoms with van der Waals surface area (Å²) in [5, 5.41) is 6.27. The molecule has 4 heterocycles. The molecule has 1 aliphatic heterocycles. The lowest BCUT2D eigenvalue weighted by atomic mass is 9.93. The third-order valence-electron chi connectivity index (χ3n) is 7.04. The first-order valence-electron chi connectivity index (χ1n) is 11.2. The molecule has 2 fully saturated rings. The number of benzene rings is 1. The van der Waals surface area contributed by atoms with E-state index in [1.165, 1.54) is 18.2 Å². The van der Waals surface area contributed by atoms with Crippen LogP contribution in [0.1, 0.15) is 62.1 Å². The van der Waals surface area contributed by atoms with Crippen molar-refractivity contribution in [3.8, 4) is 0 Å². The van der Waals surface area contributed by atoms with Gasteiger partial charge in [0, 0.05) is 30.1 Å². The molecule has 1 aromatic carbocycles. The van der Waals surface area contributed by atoms with Gasteiger partial charge in [-0.1, -0.05) is 37.1 Å². The average Bonchev–Trinajstić information content (AvgIpc) is 3.42. The van der Waals surface area contributed by atoms with Crippen molar-refractivity contribution in [2.24, 2.45) is 0 Å². The number of likely N-dealkylation sites (tertiary alicyclic amines) is 1. The third kappa shape index (κ3) is 3.15. The van der Waals surface area contributed by atoms with Crippen molar-refractivity contribution >= 4 is 21.9 Å². The second kappa shape index (κ2) is 7.27. The van der Waals surface area contributed by atoms with Gasteiger partial charge in [-0.25, -0.2) is 9.67 Å². The van der Waals surface area contributed by atoms with E-state index in [1.807, 2.05) is 16.8 Å². The number of nitrogens with zero attached hydrogens (tertiary/aromatic N) is 5. The van der Waals surface area contributed by atoms with Gasteiger partial charge in [0.15, 0.2) is 5.65 Å². The minimum atomic E-state index is -0.0932. The summed E-state index contributed by atoms with van der Waals surface area (Å²) < 4.78 is 1.98. The Morgan fingerprint density at radius 2 is 1.87 bits per heavy atom. The molecule has 31 heavy (non-hydrogen) atoms. The zero-order chi connectivity index (χ0) is 20.9. The summed E-state index contributed by atoms with van der Waals surface area (Å²) in [4.78, 5) is 27.8. The summed E-state index contributed by atoms with van der Waals surface area (Å²) in [5.74, 6) is 1.13. The Hall–Kier alpha value is -3.06. The lowest BCUT2D eigenvalue weighted by molar-refractivity contribution is 0.0941. The lowest BCUT2D eigenvalue weighted by Crippen LogP contribution is -2.47. The van der Waals surface area contributed by atoms with Crippen molar-refractivity contribution in [3.05, 3.63) is 64.5 Å². The van der Waals surface area contributed by atoms with Crippen LogP contribution in [0.5, 0.6) is 0 Å². The van der Waals surface area contributed by atoms with Gasteiger partial charge in [0.1, 0.15) is 11.2 Å². The molecule has 7 nitrogen and oxygen atoms in total. The normalized spacial score (nSPS) is 19.3. The van der Waals surface area contributed by atoms with Crippen molar-refractivity contribution in [3.63, 3.8) is 0 Å². The van der Waals surface area contributed by atoms with Crippen LogP contribution in [0.2, 0.25) is 0 Å². The largest absolute Gasteiger partial charge is 0.309 e. The maximum absolute atomic E-state index is 12.7. The minimum absolute atomic E-state index is 0.0423. The fraction of sp³-hybridized carbons (Fsp3) is 0.417. The van der Waals surface area contributed by atoms with E-state index in [9.17, 15) is 4.79 Å². The number of hydrogen-bond acceptors (Lipinski definition) is 5. The molecular formula is C24H26N6O. The number of aromatic nitrogens is 5. The summed E-state index contributed by atoms with van der Waals surface area (Å²) in [5.41, 5.74) is 2.82. The molecule has 1 aliphatic carbocycles. The van der Waals surface area contributed by atoms with Crippen LogP contribution in [-0.4, -0.2) is 42.7 Å². The molecule has 0 amide bonds. The molecule has 2 aliphatic rings. The molecule has 4 aromatic rings. The van der Waals surface area contributed by atoms with Crippen LogP contribution in [0.15, 0.2) is 47.4 Å². The summed E-state index contributed by atoms with van der Waals surface area (Å²) in [6.45, 7) is 3.94. The smallest absolute Gasteiger partial charge is 0.262 e. The predicted molar refractivity (Wildman–Crippen MR) is 120 cm³/mol. The number of H-pyrrole nitrogens is 1. The quantitative estimate of drug-likeness (QED) is 0.547. The molecule has 7 heteroatoms. The van der Waals surface area contributed by atoms with E-state index in [0.717, 1.165) is 48.6 Å². The minimum Gasteiger partial charge on any atom is -0.309 e. The molecule has 3 aromatic heterocycles. The van der Waals surface area contributed by atoms with Crippen LogP contribution < -0.4 is 5.56 Å². The number of aromatic amines is 1. The van der Waals surface area contributed by atoms with E-state index in [0.29, 0.717) is 17.3 Å². The number of para-hydroxylation sites is 1. The van der Waals surface area contributed by atoms with Crippen molar-refractivity contribution in [2.75, 3.05) is 13.1 Å². The van der Waals surface area contributed by atoms with Gasteiger partial charge in [-0.05, 0) is 31.9 Å². The number of nitrogens with one attached hydrogen (secondary N) is 1. The van der Waals surface area contributed by atoms with Crippen molar-refractivity contribution in [2.45, 2.75) is 50.6 Å². The Morgan fingerprint density at radius 3 is 2.71 bits per heavy atom. The average molecular weight is 415 g/mol. The van der Waals surface area contributed by atoms with E-state index in [-0.39, 0.29) is 11.6 Å². The van der Waals surface area contributed by atoms with Crippen LogP contribution in [0.4, 0.5) is 0 Å². The highest BCUT2D eigenvalue weighted by molar-refractivity contribution is 5.78. The molecule has 1 saturated heterocycles. The SMILES string of the molecule is C[C@H](c1nc2c(cnn2C2CCCC2)c(=O)[nH]1)N1CC(c2ccc3ccccc3n2)C1. The van der Waals surface area contributed by atoms with Crippen LogP contribution in [-0.2, 0) is 0 Å². The molecule has 6 rings (SSSR count). The summed E-state index contributed by atoms with van der Waals surface area (Å²) in [6.07, 6.45) is 6.33. The molecule has 158 valence electrons. The molecule has 0 bridgehead atoms. The Bertz CT molecular complexity index is 1310. The van der Waals surface area contributed by atoms with Crippen molar-refractivity contribution in [1.29, 1.82) is 0 Å². The summed E-state index contributed by atoms with van der Waals surface area (Å²) in [6, 6.07) is 12.9.